The third kappa shape index (κ3) is 3.05. The number of nitrogens with zero attached hydrogens (tertiary/aromatic N) is 2. The maximum absolute atomic E-state index is 9.30. The zero-order chi connectivity index (χ0) is 13.5. The van der Waals surface area contributed by atoms with Crippen LogP contribution in [0.4, 0.5) is 0 Å². The van der Waals surface area contributed by atoms with E-state index in [1.165, 1.54) is 11.1 Å². The number of aryl methyl sites for hydroxylation is 1. The summed E-state index contributed by atoms with van der Waals surface area (Å²) >= 11 is 1.79. The minimum Gasteiger partial charge on any atom is -0.241 e. The van der Waals surface area contributed by atoms with Crippen LogP contribution < -0.4 is 0 Å². The van der Waals surface area contributed by atoms with Gasteiger partial charge in [-0.1, -0.05) is 27.7 Å². The van der Waals surface area contributed by atoms with Gasteiger partial charge in [0, 0.05) is 10.6 Å². The van der Waals surface area contributed by atoms with Crippen molar-refractivity contribution in [1.29, 1.82) is 5.26 Å². The third-order valence-electron chi connectivity index (χ3n) is 3.05. The molecule has 18 heavy (non-hydrogen) atoms. The predicted octanol–water partition coefficient (Wildman–Crippen LogP) is 4.14. The van der Waals surface area contributed by atoms with Crippen molar-refractivity contribution in [3.8, 4) is 6.07 Å². The molecule has 0 aliphatic heterocycles. The number of rotatable bonds is 6. The molecule has 0 radical (unpaired) electrons. The molecule has 2 nitrogen and oxygen atoms in total. The highest BCUT2D eigenvalue weighted by atomic mass is 32.2. The van der Waals surface area contributed by atoms with Gasteiger partial charge in [-0.15, -0.1) is 11.8 Å². The molecule has 0 amide bonds. The van der Waals surface area contributed by atoms with Gasteiger partial charge in [0.15, 0.2) is 5.69 Å². The molecule has 0 aliphatic carbocycles. The Kier molecular flexibility index (Phi) is 6.21. The van der Waals surface area contributed by atoms with Gasteiger partial charge in [0.25, 0.3) is 0 Å². The Labute approximate surface area is 115 Å². The second-order valence-electron chi connectivity index (χ2n) is 4.21. The second kappa shape index (κ2) is 7.43. The van der Waals surface area contributed by atoms with E-state index in [4.69, 9.17) is 0 Å². The average Bonchev–Trinajstić information content (AvgIpc) is 2.42. The Balaban J connectivity index is 3.41. The van der Waals surface area contributed by atoms with Crippen molar-refractivity contribution in [2.45, 2.75) is 58.3 Å². The normalized spacial score (nSPS) is 10.4. The Bertz CT molecular complexity index is 447. The van der Waals surface area contributed by atoms with Crippen molar-refractivity contribution in [3.05, 3.63) is 22.5 Å². The lowest BCUT2D eigenvalue weighted by Gasteiger charge is -2.16. The predicted molar refractivity (Wildman–Crippen MR) is 78.1 cm³/mol. The molecule has 0 unspecified atom stereocenters. The molecule has 98 valence electrons. The second-order valence-corrected chi connectivity index (χ2v) is 5.32. The van der Waals surface area contributed by atoms with Gasteiger partial charge in [-0.05, 0) is 42.6 Å². The molecule has 0 atom stereocenters. The molecule has 3 heteroatoms. The summed E-state index contributed by atoms with van der Waals surface area (Å²) in [6.07, 6.45) is 4.02. The van der Waals surface area contributed by atoms with E-state index >= 15 is 0 Å². The largest absolute Gasteiger partial charge is 0.241 e. The van der Waals surface area contributed by atoms with Crippen LogP contribution in [0.5, 0.6) is 0 Å². The summed E-state index contributed by atoms with van der Waals surface area (Å²) < 4.78 is 0. The Morgan fingerprint density at radius 3 is 2.17 bits per heavy atom. The van der Waals surface area contributed by atoms with Crippen molar-refractivity contribution in [1.82, 2.24) is 4.98 Å². The summed E-state index contributed by atoms with van der Waals surface area (Å²) in [6.45, 7) is 8.63. The highest BCUT2D eigenvalue weighted by Crippen LogP contribution is 2.31. The van der Waals surface area contributed by atoms with Crippen LogP contribution in [0.1, 0.15) is 56.6 Å². The van der Waals surface area contributed by atoms with Crippen LogP contribution in [0.2, 0.25) is 0 Å². The van der Waals surface area contributed by atoms with Gasteiger partial charge in [-0.25, -0.2) is 4.98 Å². The summed E-state index contributed by atoms with van der Waals surface area (Å²) in [5.74, 6) is 1.05. The first-order chi connectivity index (χ1) is 8.73. The summed E-state index contributed by atoms with van der Waals surface area (Å²) in [6, 6.07) is 2.27. The minimum absolute atomic E-state index is 0.624. The van der Waals surface area contributed by atoms with Crippen LogP contribution >= 0.6 is 11.8 Å². The van der Waals surface area contributed by atoms with Crippen LogP contribution in [0.15, 0.2) is 4.90 Å². The number of hydrogen-bond donors (Lipinski definition) is 0. The van der Waals surface area contributed by atoms with E-state index in [1.54, 1.807) is 11.8 Å². The van der Waals surface area contributed by atoms with Gasteiger partial charge in [0.1, 0.15) is 6.07 Å². The van der Waals surface area contributed by atoms with Crippen molar-refractivity contribution in [2.75, 3.05) is 5.75 Å². The summed E-state index contributed by atoms with van der Waals surface area (Å²) in [4.78, 5) is 5.68. The van der Waals surface area contributed by atoms with E-state index in [9.17, 15) is 5.26 Å². The van der Waals surface area contributed by atoms with Crippen LogP contribution in [0.3, 0.4) is 0 Å². The molecule has 0 aliphatic rings. The number of thioether (sulfide) groups is 1. The average molecular weight is 262 g/mol. The van der Waals surface area contributed by atoms with Crippen LogP contribution in [-0.4, -0.2) is 10.7 Å². The topological polar surface area (TPSA) is 36.7 Å². The fourth-order valence-electron chi connectivity index (χ4n) is 2.23. The van der Waals surface area contributed by atoms with E-state index in [2.05, 4.69) is 38.7 Å². The zero-order valence-corrected chi connectivity index (χ0v) is 12.7. The highest BCUT2D eigenvalue weighted by molar-refractivity contribution is 7.99. The maximum Gasteiger partial charge on any atom is 0.154 e. The molecule has 0 saturated heterocycles. The van der Waals surface area contributed by atoms with Crippen molar-refractivity contribution >= 4 is 11.8 Å². The summed E-state index contributed by atoms with van der Waals surface area (Å²) in [5.41, 5.74) is 4.43. The molecule has 0 aromatic carbocycles. The van der Waals surface area contributed by atoms with E-state index in [1.807, 2.05) is 0 Å². The molecule has 0 spiro atoms. The maximum atomic E-state index is 9.30. The van der Waals surface area contributed by atoms with Crippen molar-refractivity contribution in [3.63, 3.8) is 0 Å². The highest BCUT2D eigenvalue weighted by Gasteiger charge is 2.16. The Morgan fingerprint density at radius 1 is 1.06 bits per heavy atom. The molecular weight excluding hydrogens is 240 g/mol. The SMILES string of the molecule is CCCSc1c(C#N)nc(CC)c(CC)c1CC. The summed E-state index contributed by atoms with van der Waals surface area (Å²) in [7, 11) is 0. The van der Waals surface area contributed by atoms with Crippen molar-refractivity contribution < 1.29 is 0 Å². The zero-order valence-electron chi connectivity index (χ0n) is 11.8. The Hall–Kier alpha value is -1.01. The molecular formula is C15H22N2S. The molecule has 1 rings (SSSR count). The van der Waals surface area contributed by atoms with Gasteiger partial charge < -0.3 is 0 Å². The first-order valence-corrected chi connectivity index (χ1v) is 7.79. The lowest BCUT2D eigenvalue weighted by atomic mass is 9.99. The van der Waals surface area contributed by atoms with E-state index in [0.717, 1.165) is 42.0 Å². The van der Waals surface area contributed by atoms with E-state index in [-0.39, 0.29) is 0 Å². The van der Waals surface area contributed by atoms with Gasteiger partial charge in [0.2, 0.25) is 0 Å². The molecule has 0 N–H and O–H groups in total. The quantitative estimate of drug-likeness (QED) is 0.723. The smallest absolute Gasteiger partial charge is 0.154 e. The Morgan fingerprint density at radius 2 is 1.72 bits per heavy atom. The fraction of sp³-hybridized carbons (Fsp3) is 0.600. The van der Waals surface area contributed by atoms with Crippen LogP contribution in [0.25, 0.3) is 0 Å². The summed E-state index contributed by atoms with van der Waals surface area (Å²) in [5, 5.41) is 9.30. The van der Waals surface area contributed by atoms with Crippen LogP contribution in [0, 0.1) is 11.3 Å². The standard InChI is InChI=1S/C15H22N2S/c1-5-9-18-15-12(7-3)11(6-2)13(8-4)17-14(15)10-16/h5-9H2,1-4H3. The van der Waals surface area contributed by atoms with E-state index < -0.39 is 0 Å². The molecule has 1 aromatic heterocycles. The molecule has 1 heterocycles. The lowest BCUT2D eigenvalue weighted by Crippen LogP contribution is -2.06. The van der Waals surface area contributed by atoms with Crippen molar-refractivity contribution in [2.24, 2.45) is 0 Å². The number of pyridine rings is 1. The number of hydrogen-bond acceptors (Lipinski definition) is 3. The first-order valence-electron chi connectivity index (χ1n) is 6.80. The molecule has 0 bridgehead atoms. The van der Waals surface area contributed by atoms with E-state index in [0.29, 0.717) is 5.69 Å². The molecule has 1 aromatic rings. The third-order valence-corrected chi connectivity index (χ3v) is 4.39. The lowest BCUT2D eigenvalue weighted by molar-refractivity contribution is 0.885. The van der Waals surface area contributed by atoms with Gasteiger partial charge >= 0.3 is 0 Å². The number of aromatic nitrogens is 1. The fourth-order valence-corrected chi connectivity index (χ4v) is 3.30. The molecule has 0 saturated carbocycles. The number of nitriles is 1. The van der Waals surface area contributed by atoms with Gasteiger partial charge in [-0.3, -0.25) is 0 Å². The van der Waals surface area contributed by atoms with Crippen LogP contribution in [-0.2, 0) is 19.3 Å². The van der Waals surface area contributed by atoms with Gasteiger partial charge in [0.05, 0.1) is 0 Å². The van der Waals surface area contributed by atoms with Gasteiger partial charge in [-0.2, -0.15) is 5.26 Å². The molecule has 0 fully saturated rings. The first kappa shape index (κ1) is 15.0. The minimum atomic E-state index is 0.624. The monoisotopic (exact) mass is 262 g/mol.